The predicted octanol–water partition coefficient (Wildman–Crippen LogP) is 4.17. The summed E-state index contributed by atoms with van der Waals surface area (Å²) in [5.74, 6) is 0. The van der Waals surface area contributed by atoms with Crippen molar-refractivity contribution in [2.45, 2.75) is 30.4 Å². The van der Waals surface area contributed by atoms with E-state index in [1.165, 1.54) is 10.3 Å². The van der Waals surface area contributed by atoms with Crippen molar-refractivity contribution >= 4 is 32.5 Å². The van der Waals surface area contributed by atoms with Crippen molar-refractivity contribution in [3.8, 4) is 0 Å². The fourth-order valence-corrected chi connectivity index (χ4v) is 3.33. The monoisotopic (exact) mass is 250 g/mol. The highest BCUT2D eigenvalue weighted by atomic mass is 33.1. The predicted molar refractivity (Wildman–Crippen MR) is 72.7 cm³/mol. The van der Waals surface area contributed by atoms with Crippen molar-refractivity contribution in [2.75, 3.05) is 0 Å². The van der Waals surface area contributed by atoms with E-state index in [0.717, 1.165) is 5.52 Å². The van der Waals surface area contributed by atoms with Gasteiger partial charge < -0.3 is 0 Å². The fraction of sp³-hybridized carbons (Fsp3) is 0.333. The molecule has 0 saturated carbocycles. The molecule has 1 aromatic heterocycles. The molecule has 0 bridgehead atoms. The Kier molecular flexibility index (Phi) is 3.40. The molecule has 16 heavy (non-hydrogen) atoms. The van der Waals surface area contributed by atoms with Crippen molar-refractivity contribution in [2.24, 2.45) is 0 Å². The first kappa shape index (κ1) is 11.7. The van der Waals surface area contributed by atoms with E-state index in [1.807, 2.05) is 35.2 Å². The van der Waals surface area contributed by atoms with Gasteiger partial charge in [0.1, 0.15) is 0 Å². The second kappa shape index (κ2) is 4.63. The van der Waals surface area contributed by atoms with E-state index in [-0.39, 0.29) is 4.75 Å². The number of benzene rings is 1. The molecule has 0 amide bonds. The molecule has 84 valence electrons. The Hall–Kier alpha value is -0.740. The zero-order chi connectivity index (χ0) is 11.6. The number of nitrogens with zero attached hydrogens (tertiary/aromatic N) is 2. The molecule has 0 aliphatic carbocycles. The maximum atomic E-state index is 4.11. The van der Waals surface area contributed by atoms with Gasteiger partial charge in [-0.2, -0.15) is 10.2 Å². The van der Waals surface area contributed by atoms with Gasteiger partial charge in [0.15, 0.2) is 0 Å². The second-order valence-corrected chi connectivity index (χ2v) is 7.50. The molecule has 0 aliphatic rings. The van der Waals surface area contributed by atoms with Crippen LogP contribution in [0, 0.1) is 0 Å². The molecule has 0 atom stereocenters. The zero-order valence-corrected chi connectivity index (χ0v) is 11.2. The van der Waals surface area contributed by atoms with Gasteiger partial charge in [0, 0.05) is 15.0 Å². The third-order valence-corrected chi connectivity index (χ3v) is 5.27. The Morgan fingerprint density at radius 1 is 1.12 bits per heavy atom. The maximum Gasteiger partial charge on any atom is 0.0941 e. The van der Waals surface area contributed by atoms with Gasteiger partial charge >= 0.3 is 0 Å². The first-order valence-electron chi connectivity index (χ1n) is 5.12. The minimum atomic E-state index is 0.245. The molecule has 0 fully saturated rings. The molecule has 2 nitrogen and oxygen atoms in total. The van der Waals surface area contributed by atoms with Crippen LogP contribution in [0.25, 0.3) is 10.9 Å². The number of aromatic nitrogens is 2. The summed E-state index contributed by atoms with van der Waals surface area (Å²) in [5.41, 5.74) is 0.960. The van der Waals surface area contributed by atoms with E-state index in [2.05, 4.69) is 37.0 Å². The van der Waals surface area contributed by atoms with E-state index in [1.54, 1.807) is 10.8 Å². The van der Waals surface area contributed by atoms with Crippen LogP contribution < -0.4 is 0 Å². The Labute approximate surface area is 104 Å². The molecular formula is C12H14N2S2. The largest absolute Gasteiger partial charge is 0.157 e. The van der Waals surface area contributed by atoms with Gasteiger partial charge in [0.2, 0.25) is 0 Å². The zero-order valence-electron chi connectivity index (χ0n) is 9.60. The molecule has 0 saturated heterocycles. The summed E-state index contributed by atoms with van der Waals surface area (Å²) in [6.07, 6.45) is 1.84. The molecule has 0 N–H and O–H groups in total. The Balaban J connectivity index is 2.30. The van der Waals surface area contributed by atoms with Gasteiger partial charge in [0.25, 0.3) is 0 Å². The van der Waals surface area contributed by atoms with Gasteiger partial charge in [0.05, 0.1) is 11.7 Å². The Morgan fingerprint density at radius 2 is 1.88 bits per heavy atom. The van der Waals surface area contributed by atoms with Crippen LogP contribution in [0.3, 0.4) is 0 Å². The number of rotatable bonds is 2. The van der Waals surface area contributed by atoms with Gasteiger partial charge in [-0.3, -0.25) is 0 Å². The molecule has 0 aliphatic heterocycles. The maximum absolute atomic E-state index is 4.11. The molecule has 1 heterocycles. The van der Waals surface area contributed by atoms with Crippen LogP contribution in [0.5, 0.6) is 0 Å². The van der Waals surface area contributed by atoms with E-state index >= 15 is 0 Å². The summed E-state index contributed by atoms with van der Waals surface area (Å²) in [6.45, 7) is 6.63. The molecule has 4 heteroatoms. The van der Waals surface area contributed by atoms with Gasteiger partial charge in [-0.25, -0.2) is 0 Å². The average molecular weight is 250 g/mol. The van der Waals surface area contributed by atoms with Crippen LogP contribution in [0.4, 0.5) is 0 Å². The van der Waals surface area contributed by atoms with Crippen molar-refractivity contribution in [3.63, 3.8) is 0 Å². The SMILES string of the molecule is CC(C)(C)SSc1cnnc2ccccc12. The summed E-state index contributed by atoms with van der Waals surface area (Å²) in [4.78, 5) is 1.19. The third kappa shape index (κ3) is 2.89. The lowest BCUT2D eigenvalue weighted by Crippen LogP contribution is -2.04. The first-order valence-corrected chi connectivity index (χ1v) is 7.27. The number of hydrogen-bond donors (Lipinski definition) is 0. The second-order valence-electron chi connectivity index (χ2n) is 4.51. The van der Waals surface area contributed by atoms with Crippen LogP contribution >= 0.6 is 21.6 Å². The highest BCUT2D eigenvalue weighted by Gasteiger charge is 2.13. The number of fused-ring (bicyclic) bond motifs is 1. The van der Waals surface area contributed by atoms with Crippen molar-refractivity contribution in [3.05, 3.63) is 30.5 Å². The Morgan fingerprint density at radius 3 is 2.62 bits per heavy atom. The molecule has 0 unspecified atom stereocenters. The molecule has 2 aromatic rings. The molecule has 1 aromatic carbocycles. The normalized spacial score (nSPS) is 11.9. The van der Waals surface area contributed by atoms with Crippen LogP contribution in [0.2, 0.25) is 0 Å². The summed E-state index contributed by atoms with van der Waals surface area (Å²) >= 11 is 0. The lowest BCUT2D eigenvalue weighted by Gasteiger charge is -2.16. The van der Waals surface area contributed by atoms with E-state index in [0.29, 0.717) is 0 Å². The summed E-state index contributed by atoms with van der Waals surface area (Å²) in [7, 11) is 3.62. The van der Waals surface area contributed by atoms with Crippen LogP contribution in [-0.2, 0) is 0 Å². The third-order valence-electron chi connectivity index (χ3n) is 1.89. The van der Waals surface area contributed by atoms with E-state index in [9.17, 15) is 0 Å². The molecule has 0 radical (unpaired) electrons. The van der Waals surface area contributed by atoms with Crippen LogP contribution in [0.15, 0.2) is 35.4 Å². The molecule has 0 spiro atoms. The quantitative estimate of drug-likeness (QED) is 0.747. The highest BCUT2D eigenvalue weighted by molar-refractivity contribution is 8.77. The van der Waals surface area contributed by atoms with Crippen molar-refractivity contribution in [1.29, 1.82) is 0 Å². The summed E-state index contributed by atoms with van der Waals surface area (Å²) in [5, 5.41) is 9.32. The van der Waals surface area contributed by atoms with Crippen molar-refractivity contribution < 1.29 is 0 Å². The summed E-state index contributed by atoms with van der Waals surface area (Å²) in [6, 6.07) is 8.11. The van der Waals surface area contributed by atoms with Gasteiger partial charge in [-0.05, 0) is 6.07 Å². The topological polar surface area (TPSA) is 25.8 Å². The average Bonchev–Trinajstić information content (AvgIpc) is 2.25. The van der Waals surface area contributed by atoms with Gasteiger partial charge in [-0.15, -0.1) is 0 Å². The van der Waals surface area contributed by atoms with E-state index in [4.69, 9.17) is 0 Å². The van der Waals surface area contributed by atoms with Crippen LogP contribution in [0.1, 0.15) is 20.8 Å². The van der Waals surface area contributed by atoms with Crippen LogP contribution in [-0.4, -0.2) is 14.9 Å². The van der Waals surface area contributed by atoms with E-state index < -0.39 is 0 Å². The summed E-state index contributed by atoms with van der Waals surface area (Å²) < 4.78 is 0.245. The fourth-order valence-electron chi connectivity index (χ4n) is 1.22. The standard InChI is InChI=1S/C12H14N2S2/c1-12(2,3)16-15-11-8-13-14-10-7-5-4-6-9(10)11/h4-8H,1-3H3. The van der Waals surface area contributed by atoms with Gasteiger partial charge in [-0.1, -0.05) is 60.6 Å². The molecular weight excluding hydrogens is 236 g/mol. The highest BCUT2D eigenvalue weighted by Crippen LogP contribution is 2.42. The lowest BCUT2D eigenvalue weighted by atomic mass is 10.2. The minimum absolute atomic E-state index is 0.245. The lowest BCUT2D eigenvalue weighted by molar-refractivity contribution is 0.810. The first-order chi connectivity index (χ1) is 7.56. The smallest absolute Gasteiger partial charge is 0.0941 e. The minimum Gasteiger partial charge on any atom is -0.157 e. The van der Waals surface area contributed by atoms with Crippen molar-refractivity contribution in [1.82, 2.24) is 10.2 Å². The number of hydrogen-bond acceptors (Lipinski definition) is 4. The molecule has 2 rings (SSSR count). The Bertz CT molecular complexity index is 486.